The quantitative estimate of drug-likeness (QED) is 0.683. The summed E-state index contributed by atoms with van der Waals surface area (Å²) in [5, 5.41) is 5.57. The first-order valence-electron chi connectivity index (χ1n) is 11.0. The van der Waals surface area contributed by atoms with E-state index in [0.717, 1.165) is 57.5 Å². The number of aromatic nitrogens is 2. The van der Waals surface area contributed by atoms with Crippen molar-refractivity contribution >= 4 is 17.9 Å². The highest BCUT2D eigenvalue weighted by atomic mass is 16.5. The minimum Gasteiger partial charge on any atom is -0.379 e. The number of likely N-dealkylation sites (N-methyl/N-ethyl adjacent to an activating group) is 2. The molecular weight excluding hydrogens is 396 g/mol. The molecule has 3 heterocycles. The smallest absolute Gasteiger partial charge is 0.272 e. The van der Waals surface area contributed by atoms with Gasteiger partial charge in [0, 0.05) is 46.3 Å². The van der Waals surface area contributed by atoms with Crippen molar-refractivity contribution in [2.45, 2.75) is 39.9 Å². The lowest BCUT2D eigenvalue weighted by molar-refractivity contribution is -0.124. The maximum Gasteiger partial charge on any atom is 0.272 e. The van der Waals surface area contributed by atoms with Crippen LogP contribution in [-0.4, -0.2) is 90.7 Å². The fraction of sp³-hybridized carbons (Fsp3) is 0.682. The Balaban J connectivity index is 1.82. The molecule has 0 saturated carbocycles. The molecule has 0 spiro atoms. The second-order valence-corrected chi connectivity index (χ2v) is 9.36. The molecule has 1 atom stereocenters. The first-order chi connectivity index (χ1) is 14.7. The number of rotatable bonds is 6. The van der Waals surface area contributed by atoms with E-state index in [1.165, 1.54) is 0 Å². The number of morpholine rings is 1. The van der Waals surface area contributed by atoms with E-state index < -0.39 is 11.5 Å². The Hall–Kier alpha value is -2.23. The molecule has 3 rings (SSSR count). The van der Waals surface area contributed by atoms with Crippen LogP contribution in [0.5, 0.6) is 0 Å². The van der Waals surface area contributed by atoms with Gasteiger partial charge in [0.2, 0.25) is 5.91 Å². The molecule has 1 aromatic heterocycles. The van der Waals surface area contributed by atoms with E-state index in [-0.39, 0.29) is 11.8 Å². The molecule has 2 amide bonds. The molecule has 0 aliphatic carbocycles. The van der Waals surface area contributed by atoms with Gasteiger partial charge >= 0.3 is 0 Å². The van der Waals surface area contributed by atoms with Crippen LogP contribution in [0.3, 0.4) is 0 Å². The molecule has 0 radical (unpaired) electrons. The Bertz CT molecular complexity index is 820. The van der Waals surface area contributed by atoms with Crippen LogP contribution in [0.25, 0.3) is 6.08 Å². The van der Waals surface area contributed by atoms with Crippen molar-refractivity contribution in [2.75, 3.05) is 53.5 Å². The number of imidazole rings is 1. The van der Waals surface area contributed by atoms with Crippen LogP contribution in [0, 0.1) is 5.41 Å². The second kappa shape index (κ2) is 9.93. The van der Waals surface area contributed by atoms with Crippen molar-refractivity contribution in [3.05, 3.63) is 23.3 Å². The highest BCUT2D eigenvalue weighted by molar-refractivity contribution is 5.97. The lowest BCUT2D eigenvalue weighted by atomic mass is 9.86. The van der Waals surface area contributed by atoms with Crippen LogP contribution >= 0.6 is 0 Å². The van der Waals surface area contributed by atoms with Crippen LogP contribution in [0.1, 0.15) is 42.8 Å². The minimum absolute atomic E-state index is 0.211. The number of hydrogen-bond acceptors (Lipinski definition) is 6. The van der Waals surface area contributed by atoms with Gasteiger partial charge in [-0.1, -0.05) is 26.8 Å². The number of nitrogens with one attached hydrogen (secondary N) is 2. The van der Waals surface area contributed by atoms with Crippen LogP contribution in [0.2, 0.25) is 0 Å². The summed E-state index contributed by atoms with van der Waals surface area (Å²) in [6, 6.07) is -0.649. The van der Waals surface area contributed by atoms with Gasteiger partial charge in [0.15, 0.2) is 5.69 Å². The molecule has 1 fully saturated rings. The predicted octanol–water partition coefficient (Wildman–Crippen LogP) is 0.564. The van der Waals surface area contributed by atoms with Gasteiger partial charge in [-0.05, 0) is 18.5 Å². The number of fused-ring (bicyclic) bond motifs is 1. The monoisotopic (exact) mass is 432 g/mol. The Morgan fingerprint density at radius 2 is 1.90 bits per heavy atom. The molecule has 1 saturated heterocycles. The first-order valence-corrected chi connectivity index (χ1v) is 11.0. The maximum atomic E-state index is 13.2. The molecule has 2 aliphatic heterocycles. The van der Waals surface area contributed by atoms with Crippen LogP contribution in [0.4, 0.5) is 0 Å². The van der Waals surface area contributed by atoms with Crippen molar-refractivity contribution in [3.8, 4) is 0 Å². The summed E-state index contributed by atoms with van der Waals surface area (Å²) in [6.07, 6.45) is 4.10. The largest absolute Gasteiger partial charge is 0.379 e. The van der Waals surface area contributed by atoms with E-state index in [1.807, 2.05) is 33.9 Å². The standard InChI is InChI=1S/C22H36N6O3/c1-22(2,3)19(21(30)23-4)25-20(29)18-16-15-26(5)9-10-28(16)17(24-18)7-6-8-27-11-13-31-14-12-27/h6-7,19H,8-15H2,1-5H3,(H,23,30)(H,25,29)/b7-6+/t19-/m1/s1. The zero-order valence-corrected chi connectivity index (χ0v) is 19.4. The Labute approximate surface area is 184 Å². The Kier molecular flexibility index (Phi) is 7.51. The number of amides is 2. The topological polar surface area (TPSA) is 91.7 Å². The lowest BCUT2D eigenvalue weighted by Crippen LogP contribution is -2.53. The van der Waals surface area contributed by atoms with Crippen LogP contribution in [0.15, 0.2) is 6.08 Å². The summed E-state index contributed by atoms with van der Waals surface area (Å²) in [5.74, 6) is 0.265. The van der Waals surface area contributed by atoms with Crippen molar-refractivity contribution in [1.29, 1.82) is 0 Å². The molecule has 0 unspecified atom stereocenters. The average molecular weight is 433 g/mol. The summed E-state index contributed by atoms with van der Waals surface area (Å²) in [7, 11) is 3.62. The highest BCUT2D eigenvalue weighted by Crippen LogP contribution is 2.23. The van der Waals surface area contributed by atoms with Crippen molar-refractivity contribution in [2.24, 2.45) is 5.41 Å². The molecule has 2 aliphatic rings. The Morgan fingerprint density at radius 3 is 2.55 bits per heavy atom. The third kappa shape index (κ3) is 5.72. The van der Waals surface area contributed by atoms with Crippen LogP contribution in [-0.2, 0) is 22.6 Å². The van der Waals surface area contributed by atoms with Crippen molar-refractivity contribution in [1.82, 2.24) is 30.0 Å². The number of nitrogens with zero attached hydrogens (tertiary/aromatic N) is 4. The molecule has 9 heteroatoms. The number of carbonyl (C=O) groups excluding carboxylic acids is 2. The van der Waals surface area contributed by atoms with E-state index >= 15 is 0 Å². The lowest BCUT2D eigenvalue weighted by Gasteiger charge is -2.30. The molecule has 31 heavy (non-hydrogen) atoms. The van der Waals surface area contributed by atoms with E-state index in [2.05, 4.69) is 31.1 Å². The van der Waals surface area contributed by atoms with E-state index in [9.17, 15) is 9.59 Å². The summed E-state index contributed by atoms with van der Waals surface area (Å²) in [6.45, 7) is 12.3. The average Bonchev–Trinajstić information content (AvgIpc) is 3.09. The molecule has 2 N–H and O–H groups in total. The molecule has 1 aromatic rings. The highest BCUT2D eigenvalue weighted by Gasteiger charge is 2.34. The number of carbonyl (C=O) groups is 2. The van der Waals surface area contributed by atoms with Crippen molar-refractivity contribution < 1.29 is 14.3 Å². The molecule has 172 valence electrons. The summed E-state index contributed by atoms with van der Waals surface area (Å²) < 4.78 is 7.52. The second-order valence-electron chi connectivity index (χ2n) is 9.36. The minimum atomic E-state index is -0.649. The van der Waals surface area contributed by atoms with Gasteiger partial charge < -0.3 is 19.9 Å². The number of ether oxygens (including phenoxy) is 1. The summed E-state index contributed by atoms with van der Waals surface area (Å²) in [5.41, 5.74) is 0.866. The van der Waals surface area contributed by atoms with Gasteiger partial charge in [0.1, 0.15) is 11.9 Å². The van der Waals surface area contributed by atoms with Gasteiger partial charge in [0.05, 0.1) is 18.9 Å². The molecule has 0 aromatic carbocycles. The fourth-order valence-electron chi connectivity index (χ4n) is 3.94. The van der Waals surface area contributed by atoms with E-state index in [4.69, 9.17) is 9.72 Å². The zero-order chi connectivity index (χ0) is 22.6. The molecular formula is C22H36N6O3. The zero-order valence-electron chi connectivity index (χ0n) is 19.4. The third-order valence-corrected chi connectivity index (χ3v) is 5.83. The molecule has 0 bridgehead atoms. The van der Waals surface area contributed by atoms with E-state index in [0.29, 0.717) is 12.2 Å². The summed E-state index contributed by atoms with van der Waals surface area (Å²) in [4.78, 5) is 34.8. The SMILES string of the molecule is CNC(=O)[C@@H](NC(=O)c1nc(/C=C/CN2CCOCC2)n2c1CN(C)CC2)C(C)(C)C. The van der Waals surface area contributed by atoms with Crippen molar-refractivity contribution in [3.63, 3.8) is 0 Å². The number of hydrogen-bond donors (Lipinski definition) is 2. The van der Waals surface area contributed by atoms with Gasteiger partial charge in [-0.2, -0.15) is 0 Å². The predicted molar refractivity (Wildman–Crippen MR) is 120 cm³/mol. The third-order valence-electron chi connectivity index (χ3n) is 5.83. The van der Waals surface area contributed by atoms with Gasteiger partial charge in [0.25, 0.3) is 5.91 Å². The normalized spacial score (nSPS) is 19.3. The summed E-state index contributed by atoms with van der Waals surface area (Å²) >= 11 is 0. The first kappa shape index (κ1) is 23.4. The van der Waals surface area contributed by atoms with Gasteiger partial charge in [-0.15, -0.1) is 0 Å². The van der Waals surface area contributed by atoms with Crippen LogP contribution < -0.4 is 10.6 Å². The van der Waals surface area contributed by atoms with Gasteiger partial charge in [-0.3, -0.25) is 19.4 Å². The molecule has 9 nitrogen and oxygen atoms in total. The Morgan fingerprint density at radius 1 is 1.19 bits per heavy atom. The maximum absolute atomic E-state index is 13.2. The van der Waals surface area contributed by atoms with E-state index in [1.54, 1.807) is 7.05 Å². The fourth-order valence-corrected chi connectivity index (χ4v) is 3.94. The van der Waals surface area contributed by atoms with Gasteiger partial charge in [-0.25, -0.2) is 4.98 Å².